The first-order chi connectivity index (χ1) is 8.76. The highest BCUT2D eigenvalue weighted by atomic mass is 15.2. The van der Waals surface area contributed by atoms with E-state index in [2.05, 4.69) is 31.0 Å². The molecule has 0 aromatic carbocycles. The molecule has 1 heterocycles. The van der Waals surface area contributed by atoms with Crippen LogP contribution in [0.25, 0.3) is 0 Å². The van der Waals surface area contributed by atoms with Gasteiger partial charge in [0.2, 0.25) is 0 Å². The van der Waals surface area contributed by atoms with Gasteiger partial charge >= 0.3 is 0 Å². The summed E-state index contributed by atoms with van der Waals surface area (Å²) in [5.74, 6) is 1.02. The van der Waals surface area contributed by atoms with Gasteiger partial charge in [0.15, 0.2) is 0 Å². The quantitative estimate of drug-likeness (QED) is 0.712. The highest BCUT2D eigenvalue weighted by molar-refractivity contribution is 5.02. The molecule has 1 saturated heterocycles. The van der Waals surface area contributed by atoms with Gasteiger partial charge in [0.05, 0.1) is 0 Å². The molecule has 0 aromatic heterocycles. The fourth-order valence-corrected chi connectivity index (χ4v) is 4.00. The molecule has 1 N–H and O–H groups in total. The van der Waals surface area contributed by atoms with Gasteiger partial charge in [0.25, 0.3) is 0 Å². The van der Waals surface area contributed by atoms with Gasteiger partial charge in [-0.15, -0.1) is 0 Å². The maximum absolute atomic E-state index is 3.83. The van der Waals surface area contributed by atoms with Crippen LogP contribution >= 0.6 is 0 Å². The zero-order valence-electron chi connectivity index (χ0n) is 12.7. The molecule has 1 atom stereocenters. The third kappa shape index (κ3) is 2.91. The van der Waals surface area contributed by atoms with Crippen molar-refractivity contribution in [3.8, 4) is 0 Å². The number of hydrogen-bond acceptors (Lipinski definition) is 2. The maximum atomic E-state index is 3.83. The van der Waals surface area contributed by atoms with Crippen LogP contribution in [-0.2, 0) is 0 Å². The fraction of sp³-hybridized carbons (Fsp3) is 1.00. The summed E-state index contributed by atoms with van der Waals surface area (Å²) < 4.78 is 0. The van der Waals surface area contributed by atoms with Crippen molar-refractivity contribution in [2.75, 3.05) is 19.6 Å². The molecule has 2 aliphatic rings. The molecule has 2 fully saturated rings. The predicted octanol–water partition coefficient (Wildman–Crippen LogP) is 3.42. The first-order valence-corrected chi connectivity index (χ1v) is 8.25. The van der Waals surface area contributed by atoms with Crippen LogP contribution in [0.5, 0.6) is 0 Å². The van der Waals surface area contributed by atoms with E-state index in [-0.39, 0.29) is 0 Å². The molecule has 0 aromatic rings. The standard InChI is InChI=1S/C16H32N2/c1-4-16(5-2,18-11-7-8-12-18)15(17-6-3)13-14-9-10-14/h14-15,17H,4-13H2,1-3H3. The van der Waals surface area contributed by atoms with Crippen LogP contribution in [0.3, 0.4) is 0 Å². The lowest BCUT2D eigenvalue weighted by Gasteiger charge is -2.47. The lowest BCUT2D eigenvalue weighted by Crippen LogP contribution is -2.60. The van der Waals surface area contributed by atoms with Crippen molar-refractivity contribution in [1.82, 2.24) is 10.2 Å². The number of likely N-dealkylation sites (tertiary alicyclic amines) is 1. The summed E-state index contributed by atoms with van der Waals surface area (Å²) in [6, 6.07) is 0.711. The van der Waals surface area contributed by atoms with E-state index in [1.54, 1.807) is 0 Å². The van der Waals surface area contributed by atoms with Gasteiger partial charge in [0, 0.05) is 11.6 Å². The Bertz CT molecular complexity index is 237. The highest BCUT2D eigenvalue weighted by Crippen LogP contribution is 2.40. The van der Waals surface area contributed by atoms with E-state index in [1.807, 2.05) is 0 Å². The molecule has 0 spiro atoms. The molecule has 106 valence electrons. The van der Waals surface area contributed by atoms with Gasteiger partial charge in [-0.05, 0) is 57.7 Å². The van der Waals surface area contributed by atoms with Gasteiger partial charge < -0.3 is 5.32 Å². The van der Waals surface area contributed by atoms with Crippen LogP contribution < -0.4 is 5.32 Å². The molecule has 0 radical (unpaired) electrons. The normalized spacial score (nSPS) is 23.5. The Balaban J connectivity index is 2.11. The first kappa shape index (κ1) is 14.3. The monoisotopic (exact) mass is 252 g/mol. The van der Waals surface area contributed by atoms with Crippen LogP contribution in [0.15, 0.2) is 0 Å². The van der Waals surface area contributed by atoms with E-state index < -0.39 is 0 Å². The zero-order chi connectivity index (χ0) is 13.0. The van der Waals surface area contributed by atoms with E-state index >= 15 is 0 Å². The summed E-state index contributed by atoms with van der Waals surface area (Å²) in [5, 5.41) is 3.83. The summed E-state index contributed by atoms with van der Waals surface area (Å²) in [4.78, 5) is 2.81. The number of likely N-dealkylation sites (N-methyl/N-ethyl adjacent to an activating group) is 1. The minimum Gasteiger partial charge on any atom is -0.312 e. The second kappa shape index (κ2) is 6.38. The molecule has 2 heteroatoms. The molecule has 1 aliphatic heterocycles. The molecular formula is C16H32N2. The second-order valence-electron chi connectivity index (χ2n) is 6.29. The van der Waals surface area contributed by atoms with Gasteiger partial charge in [-0.2, -0.15) is 0 Å². The van der Waals surface area contributed by atoms with Crippen LogP contribution in [0.1, 0.15) is 65.7 Å². The Morgan fingerprint density at radius 1 is 1.11 bits per heavy atom. The molecule has 0 amide bonds. The number of nitrogens with one attached hydrogen (secondary N) is 1. The fourth-order valence-electron chi connectivity index (χ4n) is 4.00. The summed E-state index contributed by atoms with van der Waals surface area (Å²) in [6.45, 7) is 10.8. The summed E-state index contributed by atoms with van der Waals surface area (Å²) in [5.41, 5.74) is 0.426. The third-order valence-corrected chi connectivity index (χ3v) is 5.33. The minimum absolute atomic E-state index is 0.426. The van der Waals surface area contributed by atoms with E-state index in [1.165, 1.54) is 58.0 Å². The van der Waals surface area contributed by atoms with E-state index in [0.29, 0.717) is 11.6 Å². The third-order valence-electron chi connectivity index (χ3n) is 5.33. The van der Waals surface area contributed by atoms with Gasteiger partial charge in [0.1, 0.15) is 0 Å². The lowest BCUT2D eigenvalue weighted by atomic mass is 9.80. The van der Waals surface area contributed by atoms with Crippen LogP contribution in [-0.4, -0.2) is 36.1 Å². The maximum Gasteiger partial charge on any atom is 0.0357 e. The van der Waals surface area contributed by atoms with E-state index in [0.717, 1.165) is 12.5 Å². The molecular weight excluding hydrogens is 220 g/mol. The largest absolute Gasteiger partial charge is 0.312 e. The number of rotatable bonds is 8. The Labute approximate surface area is 114 Å². The van der Waals surface area contributed by atoms with E-state index in [9.17, 15) is 0 Å². The zero-order valence-corrected chi connectivity index (χ0v) is 12.7. The van der Waals surface area contributed by atoms with Crippen LogP contribution in [0.2, 0.25) is 0 Å². The average molecular weight is 252 g/mol. The lowest BCUT2D eigenvalue weighted by molar-refractivity contribution is 0.0570. The van der Waals surface area contributed by atoms with Crippen molar-refractivity contribution >= 4 is 0 Å². The van der Waals surface area contributed by atoms with Crippen molar-refractivity contribution < 1.29 is 0 Å². The highest BCUT2D eigenvalue weighted by Gasteiger charge is 2.43. The molecule has 2 rings (SSSR count). The molecule has 1 saturated carbocycles. The minimum atomic E-state index is 0.426. The Morgan fingerprint density at radius 2 is 1.72 bits per heavy atom. The second-order valence-corrected chi connectivity index (χ2v) is 6.29. The Morgan fingerprint density at radius 3 is 2.17 bits per heavy atom. The van der Waals surface area contributed by atoms with Crippen molar-refractivity contribution in [1.29, 1.82) is 0 Å². The molecule has 0 bridgehead atoms. The van der Waals surface area contributed by atoms with Gasteiger partial charge in [-0.25, -0.2) is 0 Å². The molecule has 18 heavy (non-hydrogen) atoms. The summed E-state index contributed by atoms with van der Waals surface area (Å²) >= 11 is 0. The van der Waals surface area contributed by atoms with Crippen molar-refractivity contribution in [2.24, 2.45) is 5.92 Å². The van der Waals surface area contributed by atoms with E-state index in [4.69, 9.17) is 0 Å². The van der Waals surface area contributed by atoms with Gasteiger partial charge in [-0.3, -0.25) is 4.90 Å². The Kier molecular flexibility index (Phi) is 5.08. The molecule has 1 aliphatic carbocycles. The van der Waals surface area contributed by atoms with Crippen molar-refractivity contribution in [3.05, 3.63) is 0 Å². The topological polar surface area (TPSA) is 15.3 Å². The van der Waals surface area contributed by atoms with Crippen molar-refractivity contribution in [2.45, 2.75) is 77.3 Å². The van der Waals surface area contributed by atoms with Gasteiger partial charge in [-0.1, -0.05) is 33.6 Å². The van der Waals surface area contributed by atoms with Crippen LogP contribution in [0.4, 0.5) is 0 Å². The smallest absolute Gasteiger partial charge is 0.0357 e. The molecule has 2 nitrogen and oxygen atoms in total. The van der Waals surface area contributed by atoms with Crippen LogP contribution in [0, 0.1) is 5.92 Å². The number of hydrogen-bond donors (Lipinski definition) is 1. The average Bonchev–Trinajstić information content (AvgIpc) is 3.04. The summed E-state index contributed by atoms with van der Waals surface area (Å²) in [6.07, 6.45) is 9.78. The van der Waals surface area contributed by atoms with Crippen molar-refractivity contribution in [3.63, 3.8) is 0 Å². The summed E-state index contributed by atoms with van der Waals surface area (Å²) in [7, 11) is 0. The SMILES string of the molecule is CCNC(CC1CC1)C(CC)(CC)N1CCCC1. The molecule has 1 unspecified atom stereocenters. The predicted molar refractivity (Wildman–Crippen MR) is 78.9 cm³/mol. The Hall–Kier alpha value is -0.0800. The number of nitrogens with zero attached hydrogens (tertiary/aromatic N) is 1. The first-order valence-electron chi connectivity index (χ1n) is 8.25.